The highest BCUT2D eigenvalue weighted by molar-refractivity contribution is 5.82. The minimum absolute atomic E-state index is 0.136. The van der Waals surface area contributed by atoms with Gasteiger partial charge in [0.2, 0.25) is 5.88 Å². The zero-order valence-electron chi connectivity index (χ0n) is 18.7. The fraction of sp³-hybridized carbons (Fsp3) is 0.240. The van der Waals surface area contributed by atoms with Gasteiger partial charge in [-0.2, -0.15) is 4.98 Å². The molecule has 0 N–H and O–H groups in total. The molecule has 0 bridgehead atoms. The van der Waals surface area contributed by atoms with Crippen LogP contribution in [0.3, 0.4) is 0 Å². The topological polar surface area (TPSA) is 109 Å². The van der Waals surface area contributed by atoms with Crippen LogP contribution < -0.4 is 9.47 Å². The van der Waals surface area contributed by atoms with Gasteiger partial charge >= 0.3 is 0 Å². The van der Waals surface area contributed by atoms with E-state index in [9.17, 15) is 0 Å². The molecule has 170 valence electrons. The Balaban J connectivity index is 1.35. The summed E-state index contributed by atoms with van der Waals surface area (Å²) in [7, 11) is 0. The highest BCUT2D eigenvalue weighted by Gasteiger charge is 2.29. The van der Waals surface area contributed by atoms with Crippen LogP contribution in [0.2, 0.25) is 0 Å². The molecule has 0 spiro atoms. The third-order valence-corrected chi connectivity index (χ3v) is 5.78. The van der Waals surface area contributed by atoms with Crippen LogP contribution in [-0.2, 0) is 6.61 Å². The predicted octanol–water partition coefficient (Wildman–Crippen LogP) is 5.53. The van der Waals surface area contributed by atoms with Crippen molar-refractivity contribution in [1.29, 1.82) is 0 Å². The first-order chi connectivity index (χ1) is 16.7. The molecule has 4 aromatic heterocycles. The quantitative estimate of drug-likeness (QED) is 0.313. The molecule has 1 aliphatic rings. The number of ether oxygens (including phenoxy) is 2. The summed E-state index contributed by atoms with van der Waals surface area (Å²) in [6.45, 7) is 4.03. The fourth-order valence-corrected chi connectivity index (χ4v) is 3.91. The van der Waals surface area contributed by atoms with Crippen LogP contribution in [0.15, 0.2) is 58.1 Å². The minimum Gasteiger partial charge on any atom is -0.483 e. The van der Waals surface area contributed by atoms with Crippen molar-refractivity contribution in [3.05, 3.63) is 72.2 Å². The maximum atomic E-state index is 6.18. The van der Waals surface area contributed by atoms with Crippen LogP contribution in [0.1, 0.15) is 41.9 Å². The Hall–Kier alpha value is -4.27. The normalized spacial score (nSPS) is 13.4. The van der Waals surface area contributed by atoms with Crippen molar-refractivity contribution < 1.29 is 18.4 Å². The summed E-state index contributed by atoms with van der Waals surface area (Å²) in [5.74, 6) is 3.20. The van der Waals surface area contributed by atoms with Gasteiger partial charge in [-0.25, -0.2) is 15.0 Å². The fourth-order valence-electron chi connectivity index (χ4n) is 3.91. The van der Waals surface area contributed by atoms with Crippen LogP contribution in [0.25, 0.3) is 22.1 Å². The molecule has 0 atom stereocenters. The van der Waals surface area contributed by atoms with Crippen LogP contribution in [0.4, 0.5) is 0 Å². The standard InChI is InChI=1S/C25H21N5O4/c1-14-23(15(2)28-13-27-14)18-6-5-17(33-25-19-8-10-31-20(19)7-9-26-25)11-21(18)32-12-22-29-24(30-34-22)16-3-4-16/h5-11,13,16H,3-4,12H2,1-2H3. The second kappa shape index (κ2) is 8.26. The molecule has 9 heteroatoms. The van der Waals surface area contributed by atoms with Gasteiger partial charge in [0.25, 0.3) is 5.89 Å². The first-order valence-electron chi connectivity index (χ1n) is 11.0. The van der Waals surface area contributed by atoms with Gasteiger partial charge in [-0.05, 0) is 51.0 Å². The highest BCUT2D eigenvalue weighted by Crippen LogP contribution is 2.39. The number of pyridine rings is 1. The lowest BCUT2D eigenvalue weighted by atomic mass is 10.0. The maximum absolute atomic E-state index is 6.18. The van der Waals surface area contributed by atoms with Gasteiger partial charge < -0.3 is 18.4 Å². The Labute approximate surface area is 194 Å². The van der Waals surface area contributed by atoms with Gasteiger partial charge in [-0.1, -0.05) is 5.16 Å². The van der Waals surface area contributed by atoms with E-state index in [1.54, 1.807) is 24.9 Å². The van der Waals surface area contributed by atoms with Gasteiger partial charge in [0.05, 0.1) is 11.6 Å². The summed E-state index contributed by atoms with van der Waals surface area (Å²) in [6, 6.07) is 9.24. The van der Waals surface area contributed by atoms with Crippen LogP contribution in [0.5, 0.6) is 17.4 Å². The Morgan fingerprint density at radius 2 is 1.88 bits per heavy atom. The molecule has 6 rings (SSSR count). The Morgan fingerprint density at radius 3 is 2.71 bits per heavy atom. The molecule has 1 saturated carbocycles. The predicted molar refractivity (Wildman–Crippen MR) is 122 cm³/mol. The average Bonchev–Trinajstić information content (AvgIpc) is 3.37. The summed E-state index contributed by atoms with van der Waals surface area (Å²) in [6.07, 6.45) is 7.02. The van der Waals surface area contributed by atoms with Crippen LogP contribution in [-0.4, -0.2) is 25.1 Å². The monoisotopic (exact) mass is 455 g/mol. The summed E-state index contributed by atoms with van der Waals surface area (Å²) >= 11 is 0. The number of nitrogens with zero attached hydrogens (tertiary/aromatic N) is 5. The van der Waals surface area contributed by atoms with E-state index in [1.165, 1.54) is 0 Å². The Bertz CT molecular complexity index is 1470. The lowest BCUT2D eigenvalue weighted by Gasteiger charge is -2.15. The molecule has 0 radical (unpaired) electrons. The van der Waals surface area contributed by atoms with Gasteiger partial charge in [0.1, 0.15) is 23.4 Å². The van der Waals surface area contributed by atoms with E-state index in [-0.39, 0.29) is 6.61 Å². The summed E-state index contributed by atoms with van der Waals surface area (Å²) in [5.41, 5.74) is 4.16. The van der Waals surface area contributed by atoms with Gasteiger partial charge in [0.15, 0.2) is 12.4 Å². The van der Waals surface area contributed by atoms with E-state index in [0.717, 1.165) is 46.6 Å². The number of furan rings is 1. The third-order valence-electron chi connectivity index (χ3n) is 5.78. The largest absolute Gasteiger partial charge is 0.483 e. The summed E-state index contributed by atoms with van der Waals surface area (Å²) in [4.78, 5) is 17.5. The molecule has 0 unspecified atom stereocenters. The molecule has 5 aromatic rings. The number of aryl methyl sites for hydroxylation is 2. The van der Waals surface area contributed by atoms with E-state index in [4.69, 9.17) is 18.4 Å². The van der Waals surface area contributed by atoms with Crippen molar-refractivity contribution in [2.75, 3.05) is 0 Å². The molecule has 1 fully saturated rings. The first kappa shape index (κ1) is 20.3. The van der Waals surface area contributed by atoms with E-state index >= 15 is 0 Å². The van der Waals surface area contributed by atoms with Crippen molar-refractivity contribution in [3.8, 4) is 28.5 Å². The van der Waals surface area contributed by atoms with Crippen molar-refractivity contribution >= 4 is 11.0 Å². The van der Waals surface area contributed by atoms with E-state index in [2.05, 4.69) is 25.1 Å². The first-order valence-corrected chi connectivity index (χ1v) is 11.0. The lowest BCUT2D eigenvalue weighted by molar-refractivity contribution is 0.242. The molecule has 34 heavy (non-hydrogen) atoms. The molecule has 0 amide bonds. The number of aromatic nitrogens is 5. The molecule has 1 aromatic carbocycles. The molecular weight excluding hydrogens is 434 g/mol. The molecule has 1 aliphatic carbocycles. The van der Waals surface area contributed by atoms with Crippen molar-refractivity contribution in [2.24, 2.45) is 0 Å². The zero-order valence-corrected chi connectivity index (χ0v) is 18.7. The van der Waals surface area contributed by atoms with Crippen molar-refractivity contribution in [3.63, 3.8) is 0 Å². The van der Waals surface area contributed by atoms with Crippen LogP contribution >= 0.6 is 0 Å². The summed E-state index contributed by atoms with van der Waals surface area (Å²) in [5, 5.41) is 4.86. The number of fused-ring (bicyclic) bond motifs is 1. The Morgan fingerprint density at radius 1 is 1.03 bits per heavy atom. The van der Waals surface area contributed by atoms with E-state index in [0.29, 0.717) is 34.8 Å². The number of rotatable bonds is 7. The van der Waals surface area contributed by atoms with Crippen LogP contribution in [0, 0.1) is 13.8 Å². The maximum Gasteiger partial charge on any atom is 0.264 e. The molecule has 4 heterocycles. The SMILES string of the molecule is Cc1ncnc(C)c1-c1ccc(Oc2nccc3occc23)cc1OCc1nc(C2CC2)no1. The number of hydrogen-bond donors (Lipinski definition) is 0. The van der Waals surface area contributed by atoms with Crippen molar-refractivity contribution in [1.82, 2.24) is 25.1 Å². The average molecular weight is 455 g/mol. The van der Waals surface area contributed by atoms with E-state index in [1.807, 2.05) is 38.1 Å². The van der Waals surface area contributed by atoms with E-state index < -0.39 is 0 Å². The van der Waals surface area contributed by atoms with Gasteiger partial charge in [-0.15, -0.1) is 0 Å². The summed E-state index contributed by atoms with van der Waals surface area (Å²) < 4.78 is 23.1. The zero-order chi connectivity index (χ0) is 23.1. The molecule has 0 aliphatic heterocycles. The smallest absolute Gasteiger partial charge is 0.264 e. The highest BCUT2D eigenvalue weighted by atomic mass is 16.5. The number of benzene rings is 1. The number of hydrogen-bond acceptors (Lipinski definition) is 9. The Kier molecular flexibility index (Phi) is 4.94. The second-order valence-corrected chi connectivity index (χ2v) is 8.24. The van der Waals surface area contributed by atoms with Gasteiger partial charge in [-0.3, -0.25) is 0 Å². The van der Waals surface area contributed by atoms with Gasteiger partial charge in [0, 0.05) is 40.7 Å². The minimum atomic E-state index is 0.136. The third kappa shape index (κ3) is 3.85. The molecular formula is C25H21N5O4. The second-order valence-electron chi connectivity index (χ2n) is 8.24. The van der Waals surface area contributed by atoms with Crippen molar-refractivity contribution in [2.45, 2.75) is 39.2 Å². The molecule has 0 saturated heterocycles. The molecule has 9 nitrogen and oxygen atoms in total. The lowest BCUT2D eigenvalue weighted by Crippen LogP contribution is -2.01.